The number of amides is 2. The van der Waals surface area contributed by atoms with Gasteiger partial charge in [0.15, 0.2) is 23.6 Å². The van der Waals surface area contributed by atoms with Gasteiger partial charge in [-0.15, -0.1) is 0 Å². The minimum Gasteiger partial charge on any atom is -0.467 e. The molecule has 4 N–H and O–H groups in total. The number of hydrogen-bond donors (Lipinski definition) is 4. The van der Waals surface area contributed by atoms with Gasteiger partial charge in [-0.3, -0.25) is 19.3 Å². The van der Waals surface area contributed by atoms with Crippen LogP contribution in [-0.2, 0) is 42.9 Å². The van der Waals surface area contributed by atoms with Crippen LogP contribution in [0.3, 0.4) is 0 Å². The maximum Gasteiger partial charge on any atom is 0.338 e. The normalized spacial score (nSPS) is 31.6. The van der Waals surface area contributed by atoms with E-state index < -0.39 is 113 Å². The molecule has 0 spiro atoms. The number of para-hydroxylation sites is 1. The number of hydrogen-bond acceptors (Lipinski definition) is 15. The first-order valence-corrected chi connectivity index (χ1v) is 20.6. The van der Waals surface area contributed by atoms with Crippen LogP contribution in [0.25, 0.3) is 0 Å². The number of esters is 4. The molecule has 0 radical (unpaired) electrons. The molecule has 3 fully saturated rings. The van der Waals surface area contributed by atoms with Crippen LogP contribution >= 0.6 is 0 Å². The summed E-state index contributed by atoms with van der Waals surface area (Å²) in [5.74, 6) is -6.38. The Morgan fingerprint density at radius 3 is 2.13 bits per heavy atom. The number of nitrogens with one attached hydrogen (secondary N) is 1. The molecule has 2 heterocycles. The van der Waals surface area contributed by atoms with E-state index in [0.29, 0.717) is 5.69 Å². The summed E-state index contributed by atoms with van der Waals surface area (Å²) in [7, 11) is 1.49. The highest BCUT2D eigenvalue weighted by Gasteiger charge is 2.78. The van der Waals surface area contributed by atoms with Gasteiger partial charge in [-0.25, -0.2) is 14.4 Å². The maximum absolute atomic E-state index is 15.5. The van der Waals surface area contributed by atoms with E-state index in [9.17, 15) is 39.3 Å². The second-order valence-corrected chi connectivity index (χ2v) is 17.5. The fourth-order valence-corrected chi connectivity index (χ4v) is 10.1. The smallest absolute Gasteiger partial charge is 0.338 e. The number of rotatable bonds is 10. The highest BCUT2D eigenvalue weighted by Crippen LogP contribution is 2.64. The van der Waals surface area contributed by atoms with Crippen molar-refractivity contribution in [3.05, 3.63) is 102 Å². The van der Waals surface area contributed by atoms with E-state index >= 15 is 4.79 Å². The van der Waals surface area contributed by atoms with E-state index in [1.54, 1.807) is 62.4 Å². The van der Waals surface area contributed by atoms with E-state index in [-0.39, 0.29) is 35.5 Å². The predicted molar refractivity (Wildman–Crippen MR) is 219 cm³/mol. The lowest BCUT2D eigenvalue weighted by Crippen LogP contribution is -2.82. The van der Waals surface area contributed by atoms with Gasteiger partial charge < -0.3 is 48.7 Å². The fourth-order valence-electron chi connectivity index (χ4n) is 10.1. The third kappa shape index (κ3) is 7.49. The molecule has 11 atom stereocenters. The minimum atomic E-state index is -2.41. The molecule has 2 bridgehead atoms. The average Bonchev–Trinajstić information content (AvgIpc) is 3.78. The van der Waals surface area contributed by atoms with Gasteiger partial charge in [0.1, 0.15) is 35.7 Å². The molecule has 17 nitrogen and oxygen atoms in total. The van der Waals surface area contributed by atoms with Gasteiger partial charge in [0.25, 0.3) is 0 Å². The number of nitrogens with zero attached hydrogens (tertiary/aromatic N) is 1. The number of furan rings is 1. The molecule has 3 aromatic rings. The number of fused-ring (bicyclic) bond motifs is 5. The van der Waals surface area contributed by atoms with E-state index in [4.69, 9.17) is 28.1 Å². The first-order chi connectivity index (χ1) is 29.7. The van der Waals surface area contributed by atoms with Gasteiger partial charge in [-0.1, -0.05) is 50.2 Å². The monoisotopic (exact) mass is 872 g/mol. The molecular formula is C46H52N2O15. The quantitative estimate of drug-likeness (QED) is 0.129. The van der Waals surface area contributed by atoms with Crippen molar-refractivity contribution in [3.63, 3.8) is 0 Å². The summed E-state index contributed by atoms with van der Waals surface area (Å²) in [5, 5.41) is 40.1. The van der Waals surface area contributed by atoms with Gasteiger partial charge in [-0.2, -0.15) is 0 Å². The number of carbonyl (C=O) groups is 6. The topological polar surface area (TPSA) is 238 Å². The Morgan fingerprint density at radius 2 is 1.56 bits per heavy atom. The molecular weight excluding hydrogens is 821 g/mol. The molecule has 1 unspecified atom stereocenters. The van der Waals surface area contributed by atoms with Gasteiger partial charge in [0.2, 0.25) is 0 Å². The molecule has 3 aliphatic carbocycles. The molecule has 2 amide bonds. The number of ketones is 1. The lowest BCUT2D eigenvalue weighted by atomic mass is 9.44. The number of anilines is 1. The number of ether oxygens (including phenoxy) is 5. The van der Waals surface area contributed by atoms with E-state index in [0.717, 1.165) is 13.8 Å². The van der Waals surface area contributed by atoms with E-state index in [1.807, 2.05) is 0 Å². The Morgan fingerprint density at radius 1 is 0.905 bits per heavy atom. The summed E-state index contributed by atoms with van der Waals surface area (Å²) in [6.07, 6.45) is -9.45. The second-order valence-electron chi connectivity index (χ2n) is 17.5. The minimum absolute atomic E-state index is 0.00510. The molecule has 2 saturated carbocycles. The van der Waals surface area contributed by atoms with Crippen molar-refractivity contribution in [1.29, 1.82) is 0 Å². The first-order valence-electron chi connectivity index (χ1n) is 20.6. The van der Waals surface area contributed by atoms with E-state index in [2.05, 4.69) is 5.32 Å². The molecule has 2 aromatic carbocycles. The maximum atomic E-state index is 15.5. The number of Topliss-reactive ketones (excluding diaryl/α,β-unsaturated/α-hetero) is 1. The van der Waals surface area contributed by atoms with Gasteiger partial charge in [0.05, 0.1) is 35.9 Å². The highest BCUT2D eigenvalue weighted by atomic mass is 16.6. The SMILES string of the molecule is CC(=O)O[C@H]1C(=O)[C@@]2(C)[C@H]([C@H](OC(=O)c3ccccc3)[C@]3(O)C[C@H](OC(=O)[C@H](O)C(NC(=O)N(C)c4ccccc4)c4ccco4)C(C)=C1C3(C)C)[C@]1(OC(C)=O)CO[C@@H]1C[C@@H]2O. The van der Waals surface area contributed by atoms with Crippen molar-refractivity contribution < 1.29 is 72.2 Å². The van der Waals surface area contributed by atoms with Crippen molar-refractivity contribution in [3.8, 4) is 0 Å². The summed E-state index contributed by atoms with van der Waals surface area (Å²) < 4.78 is 35.7. The third-order valence-electron chi connectivity index (χ3n) is 13.6. The molecule has 4 aliphatic rings. The Kier molecular flexibility index (Phi) is 12.0. The van der Waals surface area contributed by atoms with Crippen molar-refractivity contribution in [2.45, 2.75) is 108 Å². The highest BCUT2D eigenvalue weighted by molar-refractivity contribution is 5.96. The second kappa shape index (κ2) is 16.7. The van der Waals surface area contributed by atoms with Crippen LogP contribution in [0.2, 0.25) is 0 Å². The first kappa shape index (κ1) is 45.2. The predicted octanol–water partition coefficient (Wildman–Crippen LogP) is 3.74. The standard InChI is InChI=1S/C46H52N2O15/c1-24-30(61-41(55)35(52)34(29-19-14-20-58-29)47-42(56)48(7)28-17-12-9-13-18-28)22-46(57)39(62-40(54)27-15-10-8-11-16-27)37-44(6,31(51)21-32-45(37,23-59-32)63-26(3)50)38(53)36(60-25(2)49)33(24)43(46,4)5/h8-20,30-32,34-37,39,51-52,57H,21-23H2,1-7H3,(H,47,56)/t30-,31-,32+,34?,35+,36+,37-,39-,44+,45-,46+/m0/s1. The summed E-state index contributed by atoms with van der Waals surface area (Å²) >= 11 is 0. The Balaban J connectivity index is 1.36. The summed E-state index contributed by atoms with van der Waals surface area (Å²) in [6.45, 7) is 7.89. The zero-order valence-corrected chi connectivity index (χ0v) is 35.9. The number of benzene rings is 2. The molecule has 336 valence electrons. The van der Waals surface area contributed by atoms with Crippen LogP contribution in [0.5, 0.6) is 0 Å². The Hall–Kier alpha value is -5.88. The zero-order valence-electron chi connectivity index (χ0n) is 35.9. The van der Waals surface area contributed by atoms with Crippen LogP contribution in [-0.4, -0.2) is 112 Å². The van der Waals surface area contributed by atoms with Crippen LogP contribution in [0, 0.1) is 16.7 Å². The molecule has 1 aliphatic heterocycles. The van der Waals surface area contributed by atoms with Gasteiger partial charge in [0, 0.05) is 44.8 Å². The van der Waals surface area contributed by atoms with Crippen LogP contribution in [0.4, 0.5) is 10.5 Å². The Bertz CT molecular complexity index is 2300. The third-order valence-corrected chi connectivity index (χ3v) is 13.6. The van der Waals surface area contributed by atoms with Crippen LogP contribution in [0.1, 0.15) is 76.5 Å². The average molecular weight is 873 g/mol. The van der Waals surface area contributed by atoms with Gasteiger partial charge >= 0.3 is 29.9 Å². The largest absolute Gasteiger partial charge is 0.467 e. The Labute approximate surface area is 363 Å². The van der Waals surface area contributed by atoms with Crippen LogP contribution in [0.15, 0.2) is 94.6 Å². The molecule has 7 rings (SSSR count). The summed E-state index contributed by atoms with van der Waals surface area (Å²) in [6, 6.07) is 17.1. The molecule has 1 aromatic heterocycles. The summed E-state index contributed by atoms with van der Waals surface area (Å²) in [5.41, 5.74) is -7.26. The molecule has 63 heavy (non-hydrogen) atoms. The van der Waals surface area contributed by atoms with E-state index in [1.165, 1.54) is 56.3 Å². The number of aliphatic hydroxyl groups is 3. The fraction of sp³-hybridized carbons (Fsp3) is 0.478. The summed E-state index contributed by atoms with van der Waals surface area (Å²) in [4.78, 5) is 84.8. The van der Waals surface area contributed by atoms with Crippen LogP contribution < -0.4 is 10.2 Å². The molecule has 1 saturated heterocycles. The molecule has 17 heteroatoms. The van der Waals surface area contributed by atoms with Crippen molar-refractivity contribution in [1.82, 2.24) is 5.32 Å². The zero-order chi connectivity index (χ0) is 45.8. The number of urea groups is 1. The van der Waals surface area contributed by atoms with Gasteiger partial charge in [-0.05, 0) is 61.4 Å². The lowest BCUT2D eigenvalue weighted by Gasteiger charge is -2.67. The van der Waals surface area contributed by atoms with Crippen molar-refractivity contribution >= 4 is 41.4 Å². The van der Waals surface area contributed by atoms with Crippen molar-refractivity contribution in [2.75, 3.05) is 18.6 Å². The number of carbonyl (C=O) groups excluding carboxylic acids is 6. The lowest BCUT2D eigenvalue weighted by molar-refractivity contribution is -0.346. The number of aliphatic hydroxyl groups excluding tert-OH is 2. The van der Waals surface area contributed by atoms with Crippen molar-refractivity contribution in [2.24, 2.45) is 16.7 Å².